The minimum Gasteiger partial charge on any atom is -0.454 e. The van der Waals surface area contributed by atoms with Gasteiger partial charge in [0.1, 0.15) is 24.4 Å². The van der Waals surface area contributed by atoms with Crippen LogP contribution in [0.2, 0.25) is 0 Å². The minimum absolute atomic E-state index is 0.0539. The van der Waals surface area contributed by atoms with Crippen LogP contribution in [0.4, 0.5) is 0 Å². The number of allylic oxidation sites excluding steroid dienone is 4. The maximum absolute atomic E-state index is 12.8. The van der Waals surface area contributed by atoms with Crippen molar-refractivity contribution in [3.05, 3.63) is 48.0 Å². The highest BCUT2D eigenvalue weighted by Gasteiger charge is 2.44. The maximum atomic E-state index is 12.8. The van der Waals surface area contributed by atoms with E-state index >= 15 is 0 Å². The Morgan fingerprint density at radius 3 is 2.67 bits per heavy atom. The van der Waals surface area contributed by atoms with Crippen LogP contribution < -0.4 is 0 Å². The van der Waals surface area contributed by atoms with Gasteiger partial charge < -0.3 is 39.4 Å². The zero-order valence-electron chi connectivity index (χ0n) is 16.8. The molecule has 0 unspecified atom stereocenters. The van der Waals surface area contributed by atoms with Crippen molar-refractivity contribution in [3.63, 3.8) is 0 Å². The number of fused-ring (bicyclic) bond motifs is 1. The molecule has 2 saturated heterocycles. The van der Waals surface area contributed by atoms with Crippen molar-refractivity contribution in [2.24, 2.45) is 5.41 Å². The van der Waals surface area contributed by atoms with Crippen LogP contribution in [-0.4, -0.2) is 76.9 Å². The smallest absolute Gasteiger partial charge is 0.231 e. The first kappa shape index (κ1) is 22.7. The van der Waals surface area contributed by atoms with Gasteiger partial charge in [0.2, 0.25) is 6.79 Å². The van der Waals surface area contributed by atoms with Gasteiger partial charge in [-0.3, -0.25) is 4.79 Å². The lowest BCUT2D eigenvalue weighted by Gasteiger charge is -2.39. The third-order valence-electron chi connectivity index (χ3n) is 5.48. The summed E-state index contributed by atoms with van der Waals surface area (Å²) >= 11 is 0. The molecule has 2 heterocycles. The second-order valence-electron chi connectivity index (χ2n) is 7.70. The molecule has 2 aliphatic heterocycles. The highest BCUT2D eigenvalue weighted by molar-refractivity contribution is 5.99. The summed E-state index contributed by atoms with van der Waals surface area (Å²) < 4.78 is 21.6. The molecule has 4 N–H and O–H groups in total. The Balaban J connectivity index is 1.64. The van der Waals surface area contributed by atoms with Crippen molar-refractivity contribution in [2.45, 2.75) is 50.5 Å². The third kappa shape index (κ3) is 4.51. The monoisotopic (exact) mass is 424 g/mol. The number of hydrogen-bond acceptors (Lipinski definition) is 9. The fourth-order valence-corrected chi connectivity index (χ4v) is 3.60. The molecule has 0 aromatic carbocycles. The molecule has 0 saturated carbocycles. The first-order chi connectivity index (χ1) is 14.3. The normalized spacial score (nSPS) is 36.4. The van der Waals surface area contributed by atoms with Crippen LogP contribution >= 0.6 is 0 Å². The van der Waals surface area contributed by atoms with Crippen LogP contribution in [0, 0.1) is 5.41 Å². The van der Waals surface area contributed by atoms with E-state index < -0.39 is 42.7 Å². The van der Waals surface area contributed by atoms with E-state index in [2.05, 4.69) is 6.58 Å². The van der Waals surface area contributed by atoms with E-state index in [4.69, 9.17) is 18.9 Å². The van der Waals surface area contributed by atoms with E-state index in [0.29, 0.717) is 24.4 Å². The van der Waals surface area contributed by atoms with Gasteiger partial charge in [0.05, 0.1) is 18.6 Å². The van der Waals surface area contributed by atoms with Gasteiger partial charge in [-0.1, -0.05) is 17.7 Å². The van der Waals surface area contributed by atoms with E-state index in [0.717, 1.165) is 5.57 Å². The fraction of sp³-hybridized carbons (Fsp3) is 0.571. The van der Waals surface area contributed by atoms with Crippen LogP contribution in [0.1, 0.15) is 19.8 Å². The van der Waals surface area contributed by atoms with Crippen LogP contribution in [0.3, 0.4) is 0 Å². The molecular weight excluding hydrogens is 396 g/mol. The minimum atomic E-state index is -1.50. The number of rotatable bonds is 8. The van der Waals surface area contributed by atoms with Gasteiger partial charge in [-0.2, -0.15) is 0 Å². The van der Waals surface area contributed by atoms with Crippen LogP contribution in [0.5, 0.6) is 0 Å². The van der Waals surface area contributed by atoms with Gasteiger partial charge in [-0.25, -0.2) is 0 Å². The summed E-state index contributed by atoms with van der Waals surface area (Å²) in [6.45, 7) is 5.15. The van der Waals surface area contributed by atoms with Crippen molar-refractivity contribution in [1.82, 2.24) is 0 Å². The number of aliphatic hydroxyl groups excluding tert-OH is 4. The average molecular weight is 424 g/mol. The molecule has 0 aromatic heterocycles. The van der Waals surface area contributed by atoms with Gasteiger partial charge in [0.25, 0.3) is 0 Å². The predicted octanol–water partition coefficient (Wildman–Crippen LogP) is 0.0566. The van der Waals surface area contributed by atoms with Crippen LogP contribution in [0.15, 0.2) is 48.0 Å². The third-order valence-corrected chi connectivity index (χ3v) is 5.48. The number of hydrogen-bond donors (Lipinski definition) is 4. The average Bonchev–Trinajstić information content (AvgIpc) is 3.17. The summed E-state index contributed by atoms with van der Waals surface area (Å²) in [5.74, 6) is 0.872. The van der Waals surface area contributed by atoms with E-state index in [1.54, 1.807) is 19.1 Å². The first-order valence-electron chi connectivity index (χ1n) is 9.75. The molecule has 3 aliphatic rings. The van der Waals surface area contributed by atoms with E-state index in [1.807, 2.05) is 6.08 Å². The van der Waals surface area contributed by atoms with Gasteiger partial charge >= 0.3 is 0 Å². The second kappa shape index (κ2) is 9.42. The fourth-order valence-electron chi connectivity index (χ4n) is 3.60. The summed E-state index contributed by atoms with van der Waals surface area (Å²) in [6.07, 6.45) is 0.879. The van der Waals surface area contributed by atoms with Gasteiger partial charge in [0, 0.05) is 6.08 Å². The lowest BCUT2D eigenvalue weighted by molar-refractivity contribution is -0.299. The molecule has 2 fully saturated rings. The molecule has 0 radical (unpaired) electrons. The predicted molar refractivity (Wildman–Crippen MR) is 104 cm³/mol. The van der Waals surface area contributed by atoms with Crippen molar-refractivity contribution in [1.29, 1.82) is 0 Å². The molecule has 0 spiro atoms. The molecule has 6 atom stereocenters. The maximum Gasteiger partial charge on any atom is 0.231 e. The Morgan fingerprint density at radius 2 is 1.97 bits per heavy atom. The molecule has 166 valence electrons. The van der Waals surface area contributed by atoms with E-state index in [-0.39, 0.29) is 19.2 Å². The number of ketones is 1. The molecular formula is C21H28O9. The van der Waals surface area contributed by atoms with E-state index in [1.165, 1.54) is 6.08 Å². The van der Waals surface area contributed by atoms with Gasteiger partial charge in [-0.15, -0.1) is 6.58 Å². The lowest BCUT2D eigenvalue weighted by atomic mass is 9.74. The largest absolute Gasteiger partial charge is 0.454 e. The summed E-state index contributed by atoms with van der Waals surface area (Å²) in [6, 6.07) is 0. The molecule has 1 aliphatic carbocycles. The summed E-state index contributed by atoms with van der Waals surface area (Å²) in [4.78, 5) is 12.8. The molecule has 9 nitrogen and oxygen atoms in total. The van der Waals surface area contributed by atoms with Crippen LogP contribution in [-0.2, 0) is 23.7 Å². The highest BCUT2D eigenvalue weighted by Crippen LogP contribution is 2.40. The number of carbonyl (C=O) groups excluding carboxylic acids is 1. The van der Waals surface area contributed by atoms with Gasteiger partial charge in [0.15, 0.2) is 23.6 Å². The summed E-state index contributed by atoms with van der Waals surface area (Å²) in [7, 11) is 0. The van der Waals surface area contributed by atoms with Crippen molar-refractivity contribution in [3.8, 4) is 0 Å². The highest BCUT2D eigenvalue weighted by atomic mass is 16.7. The Hall–Kier alpha value is -2.01. The van der Waals surface area contributed by atoms with Crippen molar-refractivity contribution in [2.75, 3.05) is 20.0 Å². The Morgan fingerprint density at radius 1 is 1.23 bits per heavy atom. The zero-order chi connectivity index (χ0) is 21.9. The molecule has 30 heavy (non-hydrogen) atoms. The Bertz CT molecular complexity index is 754. The lowest BCUT2D eigenvalue weighted by Crippen LogP contribution is -2.59. The first-order valence-corrected chi connectivity index (χ1v) is 9.75. The Kier molecular flexibility index (Phi) is 7.12. The molecule has 0 amide bonds. The molecule has 9 heteroatoms. The zero-order valence-corrected chi connectivity index (χ0v) is 16.8. The quantitative estimate of drug-likeness (QED) is 0.399. The number of carbonyl (C=O) groups is 1. The van der Waals surface area contributed by atoms with Gasteiger partial charge in [-0.05, 0) is 25.8 Å². The van der Waals surface area contributed by atoms with Crippen molar-refractivity contribution < 1.29 is 44.2 Å². The van der Waals surface area contributed by atoms with E-state index in [9.17, 15) is 25.2 Å². The standard InChI is InChI=1S/C21H28O9/c1-3-5-21(8-14-13(7-16(21)23)28-11-29-14)6-4-12(2)10-27-20-19(26)18(25)17(24)15(9-22)30-20/h3-4,7-8,15,17-20,22,24-26H,1,5-6,9-11H2,2H3/b12-4+/t15-,17-,18+,19-,20-,21+/m1/s1. The second-order valence-corrected chi connectivity index (χ2v) is 7.70. The number of ether oxygens (including phenoxy) is 4. The Labute approximate surface area is 174 Å². The molecule has 3 rings (SSSR count). The SMILES string of the molecule is C=CC[C@]1(C/C=C(\C)CO[C@@H]2O[C@H](CO)[C@@H](O)[C@H](O)[C@H]2O)C=C2OCOC2=CC1=O. The number of aliphatic hydroxyl groups is 4. The molecule has 0 bridgehead atoms. The summed E-state index contributed by atoms with van der Waals surface area (Å²) in [5, 5.41) is 38.9. The topological polar surface area (TPSA) is 135 Å². The van der Waals surface area contributed by atoms with Crippen molar-refractivity contribution >= 4 is 5.78 Å². The molecule has 0 aromatic rings. The summed E-state index contributed by atoms with van der Waals surface area (Å²) in [5.41, 5.74) is -0.0708. The van der Waals surface area contributed by atoms with Crippen LogP contribution in [0.25, 0.3) is 0 Å².